The third-order valence-electron chi connectivity index (χ3n) is 11.8. The molecular formula is C49H60N2O5S2. The number of sulfone groups is 2. The van der Waals surface area contributed by atoms with Crippen LogP contribution in [0.2, 0.25) is 0 Å². The first-order chi connectivity index (χ1) is 28.3. The average Bonchev–Trinajstić information content (AvgIpc) is 3.98. The van der Waals surface area contributed by atoms with E-state index >= 15 is 0 Å². The molecule has 308 valence electrons. The van der Waals surface area contributed by atoms with Gasteiger partial charge in [-0.1, -0.05) is 140 Å². The second-order valence-electron chi connectivity index (χ2n) is 15.7. The van der Waals surface area contributed by atoms with E-state index in [2.05, 4.69) is 21.9 Å². The van der Waals surface area contributed by atoms with Gasteiger partial charge in [-0.05, 0) is 118 Å². The van der Waals surface area contributed by atoms with Crippen LogP contribution >= 0.6 is 0 Å². The van der Waals surface area contributed by atoms with Gasteiger partial charge in [-0.25, -0.2) is 16.8 Å². The Morgan fingerprint density at radius 1 is 0.534 bits per heavy atom. The first kappa shape index (κ1) is 43.5. The number of likely N-dealkylation sites (tertiary alicyclic amines) is 2. The van der Waals surface area contributed by atoms with E-state index in [1.165, 1.54) is 51.6 Å². The van der Waals surface area contributed by atoms with E-state index in [0.29, 0.717) is 16.4 Å². The van der Waals surface area contributed by atoms with Gasteiger partial charge < -0.3 is 14.9 Å². The van der Waals surface area contributed by atoms with Crippen molar-refractivity contribution in [2.75, 3.05) is 45.9 Å². The number of hydrogen-bond acceptors (Lipinski definition) is 7. The van der Waals surface area contributed by atoms with Crippen LogP contribution in [-0.2, 0) is 30.2 Å². The predicted molar refractivity (Wildman–Crippen MR) is 235 cm³/mol. The highest BCUT2D eigenvalue weighted by molar-refractivity contribution is 7.92. The summed E-state index contributed by atoms with van der Waals surface area (Å²) in [6.07, 6.45) is 9.74. The minimum absolute atomic E-state index is 0.0407. The summed E-state index contributed by atoms with van der Waals surface area (Å²) in [5.74, 6) is 0.0678. The molecule has 0 unspecified atom stereocenters. The van der Waals surface area contributed by atoms with Crippen LogP contribution in [0.25, 0.3) is 0 Å². The lowest BCUT2D eigenvalue weighted by Crippen LogP contribution is -2.32. The van der Waals surface area contributed by atoms with Crippen molar-refractivity contribution in [1.82, 2.24) is 9.80 Å². The molecule has 5 aromatic carbocycles. The highest BCUT2D eigenvalue weighted by Crippen LogP contribution is 2.71. The second kappa shape index (κ2) is 21.2. The average molecular weight is 821 g/mol. The van der Waals surface area contributed by atoms with Crippen molar-refractivity contribution in [2.24, 2.45) is 5.92 Å². The van der Waals surface area contributed by atoms with Crippen LogP contribution in [0, 0.1) is 5.92 Å². The Hall–Kier alpha value is -4.12. The molecule has 0 radical (unpaired) electrons. The molecule has 3 atom stereocenters. The lowest BCUT2D eigenvalue weighted by atomic mass is 10.0. The predicted octanol–water partition coefficient (Wildman–Crippen LogP) is 9.16. The monoisotopic (exact) mass is 820 g/mol. The number of nitrogens with zero attached hydrogens (tertiary/aromatic N) is 2. The van der Waals surface area contributed by atoms with Crippen LogP contribution in [-0.4, -0.2) is 77.6 Å². The molecule has 1 N–H and O–H groups in total. The Balaban J connectivity index is 0.000000180. The van der Waals surface area contributed by atoms with Crippen LogP contribution in [0.3, 0.4) is 0 Å². The number of aliphatic hydroxyl groups is 1. The van der Waals surface area contributed by atoms with Gasteiger partial charge in [0, 0.05) is 19.1 Å². The Morgan fingerprint density at radius 2 is 0.983 bits per heavy atom. The van der Waals surface area contributed by atoms with E-state index in [4.69, 9.17) is 5.11 Å². The molecule has 2 heterocycles. The number of benzene rings is 5. The third kappa shape index (κ3) is 10.9. The summed E-state index contributed by atoms with van der Waals surface area (Å²) in [5, 5.41) is 8.57. The number of rotatable bonds is 13. The van der Waals surface area contributed by atoms with Crippen molar-refractivity contribution in [1.29, 1.82) is 0 Å². The van der Waals surface area contributed by atoms with Crippen LogP contribution in [0.4, 0.5) is 0 Å². The second-order valence-corrected chi connectivity index (χ2v) is 19.8. The molecule has 0 aromatic heterocycles. The molecule has 0 spiro atoms. The topological polar surface area (TPSA) is 95.0 Å². The molecule has 3 fully saturated rings. The highest BCUT2D eigenvalue weighted by Gasteiger charge is 2.73. The fourth-order valence-corrected chi connectivity index (χ4v) is 12.8. The zero-order valence-electron chi connectivity index (χ0n) is 33.7. The van der Waals surface area contributed by atoms with Gasteiger partial charge in [0.25, 0.3) is 0 Å². The normalized spacial score (nSPS) is 21.1. The van der Waals surface area contributed by atoms with Gasteiger partial charge in [0.15, 0.2) is 19.7 Å². The van der Waals surface area contributed by atoms with E-state index in [-0.39, 0.29) is 17.6 Å². The first-order valence-electron chi connectivity index (χ1n) is 21.0. The van der Waals surface area contributed by atoms with Crippen molar-refractivity contribution in [2.45, 2.75) is 77.6 Å². The standard InChI is InChI=1S/C28H31NO2S.C13H12O2S.C8H17NO/c30-32(31,25-17-9-3-10-18-25)28(24-15-7-2-8-16-24)26(19-22-29-20-11-4-12-21-29)27(28)23-13-5-1-6-14-23;14-16(15,13-9-5-2-6-10-13)11-12-7-3-1-4-8-12;10-8-4-7-9-5-2-1-3-6-9/h1-3,5-10,13-18,26-27H,4,11-12,19-22H2;1-10H,11H2;10H,1-8H2/t26-,27-,28-;;/m0../s1. The van der Waals surface area contributed by atoms with Crippen molar-refractivity contribution in [3.8, 4) is 0 Å². The summed E-state index contributed by atoms with van der Waals surface area (Å²) >= 11 is 0. The Bertz CT molecular complexity index is 2150. The molecule has 0 amide bonds. The lowest BCUT2D eigenvalue weighted by molar-refractivity contribution is 0.198. The van der Waals surface area contributed by atoms with Gasteiger partial charge in [-0.15, -0.1) is 0 Å². The lowest BCUT2D eigenvalue weighted by Gasteiger charge is -2.27. The number of aliphatic hydroxyl groups excluding tert-OH is 1. The fourth-order valence-electron chi connectivity index (χ4n) is 8.85. The molecule has 5 aromatic rings. The maximum absolute atomic E-state index is 14.3. The van der Waals surface area contributed by atoms with E-state index < -0.39 is 24.4 Å². The van der Waals surface area contributed by atoms with Gasteiger partial charge in [0.05, 0.1) is 15.5 Å². The smallest absolute Gasteiger partial charge is 0.189 e. The quantitative estimate of drug-likeness (QED) is 0.127. The van der Waals surface area contributed by atoms with Gasteiger partial charge in [-0.2, -0.15) is 0 Å². The molecule has 3 aliphatic rings. The van der Waals surface area contributed by atoms with Gasteiger partial charge in [0.1, 0.15) is 4.75 Å². The number of hydrogen-bond donors (Lipinski definition) is 1. The van der Waals surface area contributed by atoms with E-state index in [1.54, 1.807) is 36.4 Å². The Kier molecular flexibility index (Phi) is 15.9. The van der Waals surface area contributed by atoms with Crippen molar-refractivity contribution in [3.05, 3.63) is 168 Å². The molecule has 9 heteroatoms. The molecule has 2 aliphatic heterocycles. The number of piperidine rings is 2. The van der Waals surface area contributed by atoms with Gasteiger partial charge in [-0.3, -0.25) is 0 Å². The van der Waals surface area contributed by atoms with Crippen molar-refractivity contribution in [3.63, 3.8) is 0 Å². The van der Waals surface area contributed by atoms with Crippen LogP contribution in [0.5, 0.6) is 0 Å². The molecule has 2 saturated heterocycles. The molecule has 8 rings (SSSR count). The molecule has 1 saturated carbocycles. The minimum atomic E-state index is -3.60. The Morgan fingerprint density at radius 3 is 1.50 bits per heavy atom. The van der Waals surface area contributed by atoms with E-state index in [0.717, 1.165) is 55.7 Å². The maximum Gasteiger partial charge on any atom is 0.189 e. The minimum Gasteiger partial charge on any atom is -0.396 e. The molecule has 1 aliphatic carbocycles. The van der Waals surface area contributed by atoms with E-state index in [1.807, 2.05) is 103 Å². The zero-order valence-corrected chi connectivity index (χ0v) is 35.3. The molecular weight excluding hydrogens is 761 g/mol. The maximum atomic E-state index is 14.3. The zero-order chi connectivity index (χ0) is 40.7. The first-order valence-corrected chi connectivity index (χ1v) is 24.2. The Labute approximate surface area is 347 Å². The van der Waals surface area contributed by atoms with E-state index in [9.17, 15) is 16.8 Å². The van der Waals surface area contributed by atoms with Gasteiger partial charge in [0.2, 0.25) is 0 Å². The van der Waals surface area contributed by atoms with Gasteiger partial charge >= 0.3 is 0 Å². The summed E-state index contributed by atoms with van der Waals surface area (Å²) < 4.78 is 51.8. The van der Waals surface area contributed by atoms with Crippen LogP contribution in [0.1, 0.15) is 74.0 Å². The van der Waals surface area contributed by atoms with Crippen LogP contribution in [0.15, 0.2) is 161 Å². The summed E-state index contributed by atoms with van der Waals surface area (Å²) in [5.41, 5.74) is 2.85. The third-order valence-corrected chi connectivity index (χ3v) is 16.1. The fraction of sp³-hybridized carbons (Fsp3) is 0.388. The SMILES string of the molecule is O=S(=O)(Cc1ccccc1)c1ccccc1.O=S(=O)(c1ccccc1)[C@@]1(c2ccccc2)[C@@H](CCN2CCCCC2)[C@@H]1c1ccccc1.OCCCN1CCCCC1. The molecule has 0 bridgehead atoms. The molecule has 58 heavy (non-hydrogen) atoms. The molecule has 7 nitrogen and oxygen atoms in total. The van der Waals surface area contributed by atoms with Crippen LogP contribution < -0.4 is 0 Å². The van der Waals surface area contributed by atoms with Crippen molar-refractivity contribution >= 4 is 19.7 Å². The summed E-state index contributed by atoms with van der Waals surface area (Å²) in [6.45, 7) is 7.17. The summed E-state index contributed by atoms with van der Waals surface area (Å²) in [7, 11) is -6.81. The van der Waals surface area contributed by atoms with Crippen molar-refractivity contribution < 1.29 is 21.9 Å². The highest BCUT2D eigenvalue weighted by atomic mass is 32.2. The summed E-state index contributed by atoms with van der Waals surface area (Å²) in [6, 6.07) is 47.0. The largest absolute Gasteiger partial charge is 0.396 e. The summed E-state index contributed by atoms with van der Waals surface area (Å²) in [4.78, 5) is 5.76.